The number of hydrogen-bond donors (Lipinski definition) is 0. The zero-order chi connectivity index (χ0) is 8.32. The van der Waals surface area contributed by atoms with E-state index in [4.69, 9.17) is 0 Å². The summed E-state index contributed by atoms with van der Waals surface area (Å²) in [7, 11) is 0. The smallest absolute Gasteiger partial charge is 0.123 e. The minimum Gasteiger partial charge on any atom is -0.258 e. The van der Waals surface area contributed by atoms with E-state index < -0.39 is 0 Å². The average molecular weight is 152 g/mol. The van der Waals surface area contributed by atoms with E-state index in [1.54, 1.807) is 0 Å². The second-order valence-electron chi connectivity index (χ2n) is 2.95. The summed E-state index contributed by atoms with van der Waals surface area (Å²) in [5.41, 5.74) is 0.0470. The van der Waals surface area contributed by atoms with Crippen molar-refractivity contribution in [1.29, 1.82) is 0 Å². The molecule has 0 N–H and O–H groups in total. The van der Waals surface area contributed by atoms with E-state index in [1.165, 1.54) is 0 Å². The highest BCUT2D eigenvalue weighted by atomic mass is 15.0. The van der Waals surface area contributed by atoms with Crippen LogP contribution in [0.5, 0.6) is 0 Å². The highest BCUT2D eigenvalue weighted by Crippen LogP contribution is 2.22. The molecule has 1 heterocycles. The van der Waals surface area contributed by atoms with E-state index in [1.807, 2.05) is 6.21 Å². The van der Waals surface area contributed by atoms with Crippen LogP contribution in [0.3, 0.4) is 0 Å². The van der Waals surface area contributed by atoms with Gasteiger partial charge in [-0.15, -0.1) is 0 Å². The maximum atomic E-state index is 4.57. The van der Waals surface area contributed by atoms with E-state index in [9.17, 15) is 0 Å². The normalized spacial score (nSPS) is 20.5. The first-order valence-corrected chi connectivity index (χ1v) is 4.40. The first-order valence-electron chi connectivity index (χ1n) is 4.40. The van der Waals surface area contributed by atoms with Crippen molar-refractivity contribution >= 4 is 12.1 Å². The summed E-state index contributed by atoms with van der Waals surface area (Å²) >= 11 is 0. The maximum Gasteiger partial charge on any atom is 0.123 e. The van der Waals surface area contributed by atoms with Gasteiger partial charge < -0.3 is 0 Å². The fourth-order valence-corrected chi connectivity index (χ4v) is 1.27. The van der Waals surface area contributed by atoms with Gasteiger partial charge >= 0.3 is 0 Å². The van der Waals surface area contributed by atoms with Gasteiger partial charge in [-0.1, -0.05) is 20.8 Å². The highest BCUT2D eigenvalue weighted by molar-refractivity contribution is 5.97. The molecule has 11 heavy (non-hydrogen) atoms. The molecule has 0 amide bonds. The Balaban J connectivity index is 2.77. The standard InChI is InChI=1S/C9H16N2/c1-4-8-10-7-9(5-2,6-3)11-8/h7H,4-6H2,1-3H3. The highest BCUT2D eigenvalue weighted by Gasteiger charge is 2.26. The Hall–Kier alpha value is -0.660. The number of hydrogen-bond acceptors (Lipinski definition) is 2. The van der Waals surface area contributed by atoms with E-state index in [-0.39, 0.29) is 5.54 Å². The molecule has 1 aliphatic rings. The average Bonchev–Trinajstić information content (AvgIpc) is 2.49. The predicted octanol–water partition coefficient (Wildman–Crippen LogP) is 2.44. The first-order chi connectivity index (χ1) is 5.26. The van der Waals surface area contributed by atoms with Gasteiger partial charge in [-0.25, -0.2) is 4.99 Å². The van der Waals surface area contributed by atoms with Gasteiger partial charge in [-0.3, -0.25) is 4.99 Å². The van der Waals surface area contributed by atoms with Crippen LogP contribution in [0.25, 0.3) is 0 Å². The van der Waals surface area contributed by atoms with Gasteiger partial charge in [0.15, 0.2) is 0 Å². The Bertz CT molecular complexity index is 188. The summed E-state index contributed by atoms with van der Waals surface area (Å²) in [5, 5.41) is 0. The molecule has 0 aromatic carbocycles. The second-order valence-corrected chi connectivity index (χ2v) is 2.95. The third-order valence-corrected chi connectivity index (χ3v) is 2.35. The molecule has 2 heteroatoms. The molecule has 0 unspecified atom stereocenters. The second kappa shape index (κ2) is 3.16. The van der Waals surface area contributed by atoms with Crippen LogP contribution < -0.4 is 0 Å². The molecule has 0 aromatic rings. The van der Waals surface area contributed by atoms with Crippen LogP contribution >= 0.6 is 0 Å². The third kappa shape index (κ3) is 1.50. The van der Waals surface area contributed by atoms with E-state index >= 15 is 0 Å². The third-order valence-electron chi connectivity index (χ3n) is 2.35. The van der Waals surface area contributed by atoms with Crippen molar-refractivity contribution < 1.29 is 0 Å². The van der Waals surface area contributed by atoms with Crippen LogP contribution in [0.15, 0.2) is 9.98 Å². The lowest BCUT2D eigenvalue weighted by atomic mass is 9.96. The molecule has 2 nitrogen and oxygen atoms in total. The van der Waals surface area contributed by atoms with Crippen molar-refractivity contribution in [2.45, 2.75) is 45.6 Å². The summed E-state index contributed by atoms with van der Waals surface area (Å²) in [6.07, 6.45) is 5.09. The molecular weight excluding hydrogens is 136 g/mol. The predicted molar refractivity (Wildman–Crippen MR) is 49.5 cm³/mol. The monoisotopic (exact) mass is 152 g/mol. The Labute approximate surface area is 68.4 Å². The topological polar surface area (TPSA) is 24.7 Å². The molecule has 0 radical (unpaired) electrons. The zero-order valence-corrected chi connectivity index (χ0v) is 7.59. The van der Waals surface area contributed by atoms with Crippen LogP contribution in [-0.2, 0) is 0 Å². The summed E-state index contributed by atoms with van der Waals surface area (Å²) < 4.78 is 0. The van der Waals surface area contributed by atoms with E-state index in [0.29, 0.717) is 0 Å². The van der Waals surface area contributed by atoms with Crippen molar-refractivity contribution in [3.63, 3.8) is 0 Å². The van der Waals surface area contributed by atoms with Crippen LogP contribution in [0, 0.1) is 0 Å². The molecular formula is C9H16N2. The molecule has 0 bridgehead atoms. The molecule has 0 saturated heterocycles. The number of amidine groups is 1. The summed E-state index contributed by atoms with van der Waals surface area (Å²) in [5.74, 6) is 1.01. The SMILES string of the molecule is CCC1=NC(CC)(CC)C=N1. The minimum atomic E-state index is 0.0470. The Morgan fingerprint density at radius 2 is 1.91 bits per heavy atom. The Morgan fingerprint density at radius 3 is 2.18 bits per heavy atom. The summed E-state index contributed by atoms with van der Waals surface area (Å²) in [4.78, 5) is 8.84. The molecule has 0 saturated carbocycles. The maximum absolute atomic E-state index is 4.57. The minimum absolute atomic E-state index is 0.0470. The molecule has 62 valence electrons. The molecule has 0 fully saturated rings. The van der Waals surface area contributed by atoms with Gasteiger partial charge in [-0.2, -0.15) is 0 Å². The Kier molecular flexibility index (Phi) is 2.42. The zero-order valence-electron chi connectivity index (χ0n) is 7.59. The lowest BCUT2D eigenvalue weighted by Gasteiger charge is -2.17. The van der Waals surface area contributed by atoms with Gasteiger partial charge in [0, 0.05) is 12.6 Å². The lowest BCUT2D eigenvalue weighted by Crippen LogP contribution is -2.23. The van der Waals surface area contributed by atoms with Gasteiger partial charge in [0.2, 0.25) is 0 Å². The number of rotatable bonds is 3. The van der Waals surface area contributed by atoms with E-state index in [2.05, 4.69) is 30.8 Å². The van der Waals surface area contributed by atoms with E-state index in [0.717, 1.165) is 25.1 Å². The van der Waals surface area contributed by atoms with Crippen LogP contribution in [0.1, 0.15) is 40.0 Å². The van der Waals surface area contributed by atoms with Crippen molar-refractivity contribution in [1.82, 2.24) is 0 Å². The fraction of sp³-hybridized carbons (Fsp3) is 0.778. The van der Waals surface area contributed by atoms with Gasteiger partial charge in [-0.05, 0) is 12.8 Å². The number of nitrogens with zero attached hydrogens (tertiary/aromatic N) is 2. The van der Waals surface area contributed by atoms with Crippen molar-refractivity contribution in [2.75, 3.05) is 0 Å². The lowest BCUT2D eigenvalue weighted by molar-refractivity contribution is 0.549. The van der Waals surface area contributed by atoms with Gasteiger partial charge in [0.05, 0.1) is 5.54 Å². The molecule has 0 atom stereocenters. The number of aliphatic imine (C=N–C) groups is 2. The molecule has 0 spiro atoms. The van der Waals surface area contributed by atoms with Crippen LogP contribution in [0.4, 0.5) is 0 Å². The van der Waals surface area contributed by atoms with Crippen molar-refractivity contribution in [2.24, 2.45) is 9.98 Å². The van der Waals surface area contributed by atoms with Crippen molar-refractivity contribution in [3.8, 4) is 0 Å². The largest absolute Gasteiger partial charge is 0.258 e. The molecule has 0 aliphatic carbocycles. The van der Waals surface area contributed by atoms with Gasteiger partial charge in [0.1, 0.15) is 5.84 Å². The Morgan fingerprint density at radius 1 is 1.27 bits per heavy atom. The van der Waals surface area contributed by atoms with Crippen LogP contribution in [0.2, 0.25) is 0 Å². The quantitative estimate of drug-likeness (QED) is 0.593. The fourth-order valence-electron chi connectivity index (χ4n) is 1.27. The van der Waals surface area contributed by atoms with Crippen LogP contribution in [-0.4, -0.2) is 17.6 Å². The molecule has 1 aliphatic heterocycles. The summed E-state index contributed by atoms with van der Waals surface area (Å²) in [6, 6.07) is 0. The summed E-state index contributed by atoms with van der Waals surface area (Å²) in [6.45, 7) is 6.42. The van der Waals surface area contributed by atoms with Crippen molar-refractivity contribution in [3.05, 3.63) is 0 Å². The van der Waals surface area contributed by atoms with Gasteiger partial charge in [0.25, 0.3) is 0 Å². The first kappa shape index (κ1) is 8.44. The molecule has 0 aromatic heterocycles. The molecule has 1 rings (SSSR count).